The molecule has 0 aromatic heterocycles. The number of benzene rings is 3. The maximum Gasteiger partial charge on any atom is 0.232 e. The molecule has 3 heteroatoms. The zero-order valence-corrected chi connectivity index (χ0v) is 20.2. The quantitative estimate of drug-likeness (QED) is 0.366. The normalized spacial score (nSPS) is 15.3. The van der Waals surface area contributed by atoms with E-state index in [4.69, 9.17) is 5.73 Å². The van der Waals surface area contributed by atoms with Crippen molar-refractivity contribution in [1.82, 2.24) is 4.90 Å². The Labute approximate surface area is 205 Å². The summed E-state index contributed by atoms with van der Waals surface area (Å²) in [6.45, 7) is 3.51. The van der Waals surface area contributed by atoms with Crippen LogP contribution in [0.2, 0.25) is 0 Å². The van der Waals surface area contributed by atoms with E-state index in [1.807, 2.05) is 36.4 Å². The minimum atomic E-state index is -0.815. The number of aryl methyl sites for hydroxylation is 1. The molecule has 34 heavy (non-hydrogen) atoms. The molecule has 2 N–H and O–H groups in total. The fourth-order valence-corrected chi connectivity index (χ4v) is 5.63. The smallest absolute Gasteiger partial charge is 0.232 e. The van der Waals surface area contributed by atoms with Gasteiger partial charge < -0.3 is 10.6 Å². The first kappa shape index (κ1) is 24.2. The molecule has 0 aliphatic carbocycles. The molecule has 3 aromatic rings. The highest BCUT2D eigenvalue weighted by molar-refractivity contribution is 5.90. The maximum absolute atomic E-state index is 13.3. The minimum Gasteiger partial charge on any atom is -0.369 e. The Kier molecular flexibility index (Phi) is 8.54. The van der Waals surface area contributed by atoms with Gasteiger partial charge in [0.15, 0.2) is 0 Å². The van der Waals surface area contributed by atoms with Crippen molar-refractivity contribution in [1.29, 1.82) is 0 Å². The van der Waals surface area contributed by atoms with Crippen LogP contribution in [0.5, 0.6) is 0 Å². The number of nitrogens with two attached hydrogens (primary N) is 1. The second-order valence-corrected chi connectivity index (χ2v) is 9.79. The van der Waals surface area contributed by atoms with Crippen LogP contribution in [0, 0.1) is 5.92 Å². The van der Waals surface area contributed by atoms with Gasteiger partial charge in [-0.05, 0) is 80.8 Å². The van der Waals surface area contributed by atoms with Crippen LogP contribution in [0.1, 0.15) is 55.2 Å². The summed E-state index contributed by atoms with van der Waals surface area (Å²) in [6.07, 6.45) is 7.74. The van der Waals surface area contributed by atoms with Crippen molar-refractivity contribution in [2.24, 2.45) is 11.7 Å². The lowest BCUT2D eigenvalue weighted by Gasteiger charge is -2.36. The van der Waals surface area contributed by atoms with E-state index in [0.717, 1.165) is 49.8 Å². The van der Waals surface area contributed by atoms with Gasteiger partial charge >= 0.3 is 0 Å². The van der Waals surface area contributed by atoms with Crippen LogP contribution in [-0.4, -0.2) is 30.4 Å². The van der Waals surface area contributed by atoms with Crippen LogP contribution in [0.4, 0.5) is 0 Å². The van der Waals surface area contributed by atoms with Crippen molar-refractivity contribution in [2.75, 3.05) is 19.6 Å². The number of nitrogens with zero attached hydrogens (tertiary/aromatic N) is 1. The molecule has 0 radical (unpaired) electrons. The van der Waals surface area contributed by atoms with Gasteiger partial charge in [0.05, 0.1) is 5.41 Å². The molecule has 4 rings (SSSR count). The molecule has 1 saturated heterocycles. The summed E-state index contributed by atoms with van der Waals surface area (Å²) in [5.74, 6) is 0.163. The topological polar surface area (TPSA) is 46.3 Å². The number of hydrogen-bond acceptors (Lipinski definition) is 2. The summed E-state index contributed by atoms with van der Waals surface area (Å²) in [7, 11) is 0. The van der Waals surface area contributed by atoms with Gasteiger partial charge in [-0.25, -0.2) is 0 Å². The molecular formula is C31H38N2O. The Morgan fingerprint density at radius 3 is 1.85 bits per heavy atom. The minimum absolute atomic E-state index is 0.251. The second-order valence-electron chi connectivity index (χ2n) is 9.79. The fraction of sp³-hybridized carbons (Fsp3) is 0.387. The maximum atomic E-state index is 13.3. The summed E-state index contributed by atoms with van der Waals surface area (Å²) in [4.78, 5) is 15.9. The molecule has 1 unspecified atom stereocenters. The molecule has 0 saturated carbocycles. The number of likely N-dealkylation sites (tertiary alicyclic amines) is 1. The number of carbonyl (C=O) groups is 1. The van der Waals surface area contributed by atoms with E-state index >= 15 is 0 Å². The Hall–Kier alpha value is -2.91. The molecule has 1 atom stereocenters. The summed E-state index contributed by atoms with van der Waals surface area (Å²) in [5, 5.41) is 0. The molecule has 1 aliphatic rings. The Bertz CT molecular complexity index is 958. The zero-order chi connectivity index (χ0) is 23.6. The standard InChI is InChI=1S/C31H38N2O/c32-30(34)31(28-17-6-2-7-18-28,29-19-8-3-9-20-29)25-27(21-24-33-22-10-11-23-33)16-12-15-26-13-4-1-5-14-26/h1-9,13-14,17-20,27H,10-12,15-16,21-25H2,(H2,32,34). The Morgan fingerprint density at radius 1 is 0.794 bits per heavy atom. The van der Waals surface area contributed by atoms with Gasteiger partial charge in [-0.1, -0.05) is 97.4 Å². The van der Waals surface area contributed by atoms with E-state index < -0.39 is 5.41 Å². The van der Waals surface area contributed by atoms with Crippen LogP contribution >= 0.6 is 0 Å². The van der Waals surface area contributed by atoms with Crippen molar-refractivity contribution in [2.45, 2.75) is 50.4 Å². The van der Waals surface area contributed by atoms with Crippen molar-refractivity contribution in [3.05, 3.63) is 108 Å². The molecule has 0 spiro atoms. The van der Waals surface area contributed by atoms with E-state index in [2.05, 4.69) is 59.5 Å². The van der Waals surface area contributed by atoms with Crippen molar-refractivity contribution in [3.8, 4) is 0 Å². The number of amides is 1. The van der Waals surface area contributed by atoms with Gasteiger partial charge in [0, 0.05) is 0 Å². The Balaban J connectivity index is 1.60. The first-order valence-electron chi connectivity index (χ1n) is 12.9. The molecule has 178 valence electrons. The van der Waals surface area contributed by atoms with Crippen LogP contribution < -0.4 is 5.73 Å². The largest absolute Gasteiger partial charge is 0.369 e. The molecule has 3 aromatic carbocycles. The highest BCUT2D eigenvalue weighted by Gasteiger charge is 2.42. The van der Waals surface area contributed by atoms with E-state index in [1.54, 1.807) is 0 Å². The predicted molar refractivity (Wildman–Crippen MR) is 141 cm³/mol. The van der Waals surface area contributed by atoms with Gasteiger partial charge in [0.1, 0.15) is 0 Å². The summed E-state index contributed by atoms with van der Waals surface area (Å²) in [5.41, 5.74) is 8.85. The number of primary amides is 1. The van der Waals surface area contributed by atoms with Gasteiger partial charge in [-0.2, -0.15) is 0 Å². The fourth-order valence-electron chi connectivity index (χ4n) is 5.63. The number of hydrogen-bond donors (Lipinski definition) is 1. The molecule has 1 aliphatic heterocycles. The average Bonchev–Trinajstić information content (AvgIpc) is 3.41. The summed E-state index contributed by atoms with van der Waals surface area (Å²) >= 11 is 0. The third-order valence-corrected chi connectivity index (χ3v) is 7.52. The SMILES string of the molecule is NC(=O)C(CC(CCCc1ccccc1)CCN1CCCC1)(c1ccccc1)c1ccccc1. The molecule has 3 nitrogen and oxygen atoms in total. The molecule has 1 heterocycles. The van der Waals surface area contributed by atoms with Gasteiger partial charge in [-0.3, -0.25) is 4.79 Å². The van der Waals surface area contributed by atoms with Crippen molar-refractivity contribution >= 4 is 5.91 Å². The highest BCUT2D eigenvalue weighted by Crippen LogP contribution is 2.40. The lowest BCUT2D eigenvalue weighted by atomic mass is 9.67. The molecule has 1 amide bonds. The monoisotopic (exact) mass is 454 g/mol. The molecule has 0 bridgehead atoms. The van der Waals surface area contributed by atoms with Crippen LogP contribution in [0.3, 0.4) is 0 Å². The first-order chi connectivity index (χ1) is 16.7. The number of rotatable bonds is 12. The molecular weight excluding hydrogens is 416 g/mol. The molecule has 1 fully saturated rings. The van der Waals surface area contributed by atoms with E-state index in [1.165, 1.54) is 31.5 Å². The number of carbonyl (C=O) groups excluding carboxylic acids is 1. The van der Waals surface area contributed by atoms with Crippen LogP contribution in [-0.2, 0) is 16.6 Å². The van der Waals surface area contributed by atoms with Crippen LogP contribution in [0.15, 0.2) is 91.0 Å². The van der Waals surface area contributed by atoms with E-state index in [-0.39, 0.29) is 5.91 Å². The van der Waals surface area contributed by atoms with Crippen molar-refractivity contribution in [3.63, 3.8) is 0 Å². The lowest BCUT2D eigenvalue weighted by molar-refractivity contribution is -0.122. The van der Waals surface area contributed by atoms with Gasteiger partial charge in [-0.15, -0.1) is 0 Å². The van der Waals surface area contributed by atoms with E-state index in [9.17, 15) is 4.79 Å². The van der Waals surface area contributed by atoms with Crippen LogP contribution in [0.25, 0.3) is 0 Å². The predicted octanol–water partition coefficient (Wildman–Crippen LogP) is 5.97. The third kappa shape index (κ3) is 5.95. The summed E-state index contributed by atoms with van der Waals surface area (Å²) < 4.78 is 0. The average molecular weight is 455 g/mol. The van der Waals surface area contributed by atoms with Gasteiger partial charge in [0.2, 0.25) is 5.91 Å². The zero-order valence-electron chi connectivity index (χ0n) is 20.2. The second kappa shape index (κ2) is 12.0. The third-order valence-electron chi connectivity index (χ3n) is 7.52. The summed E-state index contributed by atoms with van der Waals surface area (Å²) in [6, 6.07) is 31.1. The Morgan fingerprint density at radius 2 is 1.32 bits per heavy atom. The first-order valence-corrected chi connectivity index (χ1v) is 12.9. The van der Waals surface area contributed by atoms with E-state index in [0.29, 0.717) is 5.92 Å². The van der Waals surface area contributed by atoms with Gasteiger partial charge in [0.25, 0.3) is 0 Å². The lowest BCUT2D eigenvalue weighted by Crippen LogP contribution is -2.44. The highest BCUT2D eigenvalue weighted by atomic mass is 16.1. The van der Waals surface area contributed by atoms with Crippen molar-refractivity contribution < 1.29 is 4.79 Å².